The molecule has 2 aromatic rings. The summed E-state index contributed by atoms with van der Waals surface area (Å²) in [7, 11) is 0. The van der Waals surface area contributed by atoms with Crippen LogP contribution in [0.1, 0.15) is 36.2 Å². The van der Waals surface area contributed by atoms with E-state index in [1.54, 1.807) is 22.7 Å². The van der Waals surface area contributed by atoms with Crippen LogP contribution in [0.3, 0.4) is 0 Å². The second kappa shape index (κ2) is 10.1. The maximum absolute atomic E-state index is 9.91. The van der Waals surface area contributed by atoms with E-state index in [0.717, 1.165) is 37.1 Å². The molecule has 0 aliphatic heterocycles. The van der Waals surface area contributed by atoms with E-state index in [2.05, 4.69) is 10.6 Å². The third-order valence-electron chi connectivity index (χ3n) is 3.49. The van der Waals surface area contributed by atoms with Gasteiger partial charge in [-0.15, -0.1) is 0 Å². The lowest BCUT2D eigenvalue weighted by Gasteiger charge is -2.12. The van der Waals surface area contributed by atoms with Gasteiger partial charge < -0.3 is 20.8 Å². The fourth-order valence-corrected chi connectivity index (χ4v) is 3.56. The Balaban J connectivity index is 1.43. The van der Waals surface area contributed by atoms with Crippen LogP contribution in [0.2, 0.25) is 0 Å². The van der Waals surface area contributed by atoms with Gasteiger partial charge in [0.15, 0.2) is 0 Å². The quantitative estimate of drug-likeness (QED) is 0.475. The van der Waals surface area contributed by atoms with Crippen LogP contribution in [0.25, 0.3) is 0 Å². The monoisotopic (exact) mass is 340 g/mol. The Kier molecular flexibility index (Phi) is 8.07. The van der Waals surface area contributed by atoms with Gasteiger partial charge in [-0.05, 0) is 70.7 Å². The SMILES string of the molecule is O[C@H](CNCCCCNC[C@@H](O)c1ccsc1)c1ccsc1. The van der Waals surface area contributed by atoms with E-state index < -0.39 is 12.2 Å². The van der Waals surface area contributed by atoms with E-state index in [1.165, 1.54) is 0 Å². The summed E-state index contributed by atoms with van der Waals surface area (Å²) in [4.78, 5) is 0. The molecule has 4 N–H and O–H groups in total. The molecule has 0 aromatic carbocycles. The predicted octanol–water partition coefficient (Wildman–Crippen LogP) is 2.54. The molecular weight excluding hydrogens is 316 g/mol. The first-order valence-corrected chi connectivity index (χ1v) is 9.47. The highest BCUT2D eigenvalue weighted by molar-refractivity contribution is 7.08. The van der Waals surface area contributed by atoms with Gasteiger partial charge in [-0.2, -0.15) is 22.7 Å². The molecule has 122 valence electrons. The molecule has 4 nitrogen and oxygen atoms in total. The first kappa shape index (κ1) is 17.6. The van der Waals surface area contributed by atoms with E-state index in [-0.39, 0.29) is 0 Å². The molecular formula is C16H24N2O2S2. The van der Waals surface area contributed by atoms with Crippen molar-refractivity contribution in [3.8, 4) is 0 Å². The molecule has 0 amide bonds. The smallest absolute Gasteiger partial charge is 0.0922 e. The Morgan fingerprint density at radius 1 is 0.818 bits per heavy atom. The van der Waals surface area contributed by atoms with Gasteiger partial charge in [-0.1, -0.05) is 0 Å². The Morgan fingerprint density at radius 3 is 1.64 bits per heavy atom. The van der Waals surface area contributed by atoms with Gasteiger partial charge in [-0.3, -0.25) is 0 Å². The summed E-state index contributed by atoms with van der Waals surface area (Å²) in [6.07, 6.45) is 1.28. The summed E-state index contributed by atoms with van der Waals surface area (Å²) in [5, 5.41) is 34.3. The summed E-state index contributed by atoms with van der Waals surface area (Å²) in [5.74, 6) is 0. The van der Waals surface area contributed by atoms with Gasteiger partial charge >= 0.3 is 0 Å². The Labute approximate surface area is 139 Å². The molecule has 0 unspecified atom stereocenters. The summed E-state index contributed by atoms with van der Waals surface area (Å²) in [5.41, 5.74) is 1.98. The molecule has 0 aliphatic rings. The minimum Gasteiger partial charge on any atom is -0.387 e. The van der Waals surface area contributed by atoms with Crippen molar-refractivity contribution in [2.75, 3.05) is 26.2 Å². The van der Waals surface area contributed by atoms with Crippen molar-refractivity contribution in [3.63, 3.8) is 0 Å². The van der Waals surface area contributed by atoms with Crippen molar-refractivity contribution in [2.45, 2.75) is 25.0 Å². The van der Waals surface area contributed by atoms with Crippen molar-refractivity contribution in [1.82, 2.24) is 10.6 Å². The van der Waals surface area contributed by atoms with Crippen LogP contribution in [0.5, 0.6) is 0 Å². The van der Waals surface area contributed by atoms with Crippen molar-refractivity contribution >= 4 is 22.7 Å². The second-order valence-electron chi connectivity index (χ2n) is 5.26. The molecule has 2 atom stereocenters. The molecule has 2 aromatic heterocycles. The largest absolute Gasteiger partial charge is 0.387 e. The number of thiophene rings is 2. The van der Waals surface area contributed by atoms with Gasteiger partial charge in [0.05, 0.1) is 12.2 Å². The van der Waals surface area contributed by atoms with Gasteiger partial charge in [0.1, 0.15) is 0 Å². The number of aliphatic hydroxyl groups is 2. The van der Waals surface area contributed by atoms with Crippen molar-refractivity contribution in [1.29, 1.82) is 0 Å². The summed E-state index contributed by atoms with van der Waals surface area (Å²) >= 11 is 3.21. The molecule has 6 heteroatoms. The number of nitrogens with one attached hydrogen (secondary N) is 2. The molecule has 2 rings (SSSR count). The van der Waals surface area contributed by atoms with Gasteiger partial charge in [0.2, 0.25) is 0 Å². The summed E-state index contributed by atoms with van der Waals surface area (Å²) < 4.78 is 0. The standard InChI is InChI=1S/C16H24N2O2S2/c19-15(13-3-7-21-11-13)9-17-5-1-2-6-18-10-16(20)14-4-8-22-12-14/h3-4,7-8,11-12,15-20H,1-2,5-6,9-10H2/t15-,16-/m1/s1. The van der Waals surface area contributed by atoms with E-state index in [1.807, 2.05) is 33.7 Å². The fourth-order valence-electron chi connectivity index (χ4n) is 2.14. The second-order valence-corrected chi connectivity index (χ2v) is 6.82. The van der Waals surface area contributed by atoms with Crippen LogP contribution in [0.15, 0.2) is 33.7 Å². The average Bonchev–Trinajstić information content (AvgIpc) is 3.22. The molecule has 0 bridgehead atoms. The zero-order chi connectivity index (χ0) is 15.6. The summed E-state index contributed by atoms with van der Waals surface area (Å²) in [6, 6.07) is 3.92. The highest BCUT2D eigenvalue weighted by atomic mass is 32.1. The lowest BCUT2D eigenvalue weighted by Crippen LogP contribution is -2.25. The van der Waals surface area contributed by atoms with Gasteiger partial charge in [0, 0.05) is 13.1 Å². The Morgan fingerprint density at radius 2 is 1.27 bits per heavy atom. The minimum atomic E-state index is -0.412. The fraction of sp³-hybridized carbons (Fsp3) is 0.500. The zero-order valence-electron chi connectivity index (χ0n) is 12.6. The van der Waals surface area contributed by atoms with Crippen LogP contribution in [0.4, 0.5) is 0 Å². The van der Waals surface area contributed by atoms with Crippen LogP contribution in [-0.4, -0.2) is 36.4 Å². The maximum atomic E-state index is 9.91. The molecule has 0 aliphatic carbocycles. The Bertz CT molecular complexity index is 442. The molecule has 0 saturated heterocycles. The van der Waals surface area contributed by atoms with Crippen LogP contribution in [-0.2, 0) is 0 Å². The van der Waals surface area contributed by atoms with Crippen LogP contribution >= 0.6 is 22.7 Å². The topological polar surface area (TPSA) is 64.5 Å². The Hall–Kier alpha value is -0.760. The minimum absolute atomic E-state index is 0.412. The third-order valence-corrected chi connectivity index (χ3v) is 4.89. The highest BCUT2D eigenvalue weighted by Gasteiger charge is 2.07. The van der Waals surface area contributed by atoms with E-state index in [4.69, 9.17) is 0 Å². The lowest BCUT2D eigenvalue weighted by atomic mass is 10.2. The zero-order valence-corrected chi connectivity index (χ0v) is 14.2. The van der Waals surface area contributed by atoms with Gasteiger partial charge in [0.25, 0.3) is 0 Å². The van der Waals surface area contributed by atoms with Gasteiger partial charge in [-0.25, -0.2) is 0 Å². The lowest BCUT2D eigenvalue weighted by molar-refractivity contribution is 0.173. The van der Waals surface area contributed by atoms with E-state index in [9.17, 15) is 10.2 Å². The first-order chi connectivity index (χ1) is 10.8. The number of rotatable bonds is 11. The van der Waals surface area contributed by atoms with Crippen molar-refractivity contribution in [3.05, 3.63) is 44.8 Å². The van der Waals surface area contributed by atoms with Crippen LogP contribution < -0.4 is 10.6 Å². The van der Waals surface area contributed by atoms with Crippen molar-refractivity contribution in [2.24, 2.45) is 0 Å². The molecule has 0 saturated carbocycles. The average molecular weight is 341 g/mol. The molecule has 22 heavy (non-hydrogen) atoms. The maximum Gasteiger partial charge on any atom is 0.0922 e. The molecule has 0 spiro atoms. The first-order valence-electron chi connectivity index (χ1n) is 7.59. The molecule has 2 heterocycles. The number of aliphatic hydroxyl groups excluding tert-OH is 2. The van der Waals surface area contributed by atoms with E-state index >= 15 is 0 Å². The van der Waals surface area contributed by atoms with Crippen LogP contribution in [0, 0.1) is 0 Å². The number of hydrogen-bond acceptors (Lipinski definition) is 6. The molecule has 0 radical (unpaired) electrons. The predicted molar refractivity (Wildman–Crippen MR) is 93.5 cm³/mol. The highest BCUT2D eigenvalue weighted by Crippen LogP contribution is 2.15. The number of hydrogen-bond donors (Lipinski definition) is 4. The molecule has 0 fully saturated rings. The van der Waals surface area contributed by atoms with E-state index in [0.29, 0.717) is 13.1 Å². The van der Waals surface area contributed by atoms with Crippen molar-refractivity contribution < 1.29 is 10.2 Å². The third kappa shape index (κ3) is 6.16. The summed E-state index contributed by atoms with van der Waals surface area (Å²) in [6.45, 7) is 2.99. The number of unbranched alkanes of at least 4 members (excludes halogenated alkanes) is 1. The normalized spacial score (nSPS) is 14.1.